The molecule has 0 aliphatic carbocycles. The predicted molar refractivity (Wildman–Crippen MR) is 91.4 cm³/mol. The normalized spacial score (nSPS) is 10.2. The standard InChI is InChI=1S/C18H18ClNO3/c1-3-13-10-16(7-8-17(13)19)23-11-18(22)20-15-6-4-5-14(9-15)12(2)21/h4-10H,3,11H2,1-2H3,(H,20,22). The zero-order chi connectivity index (χ0) is 16.8. The van der Waals surface area contributed by atoms with Gasteiger partial charge in [0.2, 0.25) is 0 Å². The maximum atomic E-state index is 11.9. The third-order valence-electron chi connectivity index (χ3n) is 3.32. The first-order valence-electron chi connectivity index (χ1n) is 7.31. The topological polar surface area (TPSA) is 55.4 Å². The summed E-state index contributed by atoms with van der Waals surface area (Å²) in [6.45, 7) is 3.37. The summed E-state index contributed by atoms with van der Waals surface area (Å²) >= 11 is 6.04. The molecule has 0 aromatic heterocycles. The number of benzene rings is 2. The predicted octanol–water partition coefficient (Wildman–Crippen LogP) is 4.12. The number of nitrogens with one attached hydrogen (secondary N) is 1. The van der Waals surface area contributed by atoms with E-state index in [0.29, 0.717) is 22.0 Å². The third-order valence-corrected chi connectivity index (χ3v) is 3.69. The second-order valence-electron chi connectivity index (χ2n) is 5.08. The molecule has 2 aromatic carbocycles. The number of aryl methyl sites for hydroxylation is 1. The number of hydrogen-bond acceptors (Lipinski definition) is 3. The first-order chi connectivity index (χ1) is 11.0. The Morgan fingerprint density at radius 2 is 1.96 bits per heavy atom. The molecule has 2 aromatic rings. The van der Waals surface area contributed by atoms with E-state index >= 15 is 0 Å². The van der Waals surface area contributed by atoms with Gasteiger partial charge in [-0.2, -0.15) is 0 Å². The van der Waals surface area contributed by atoms with Gasteiger partial charge in [0.15, 0.2) is 12.4 Å². The summed E-state index contributed by atoms with van der Waals surface area (Å²) in [6, 6.07) is 12.1. The minimum absolute atomic E-state index is 0.0504. The Kier molecular flexibility index (Phi) is 5.77. The Labute approximate surface area is 140 Å². The van der Waals surface area contributed by atoms with Crippen molar-refractivity contribution in [3.8, 4) is 5.75 Å². The summed E-state index contributed by atoms with van der Waals surface area (Å²) in [6.07, 6.45) is 0.792. The van der Waals surface area contributed by atoms with Crippen LogP contribution in [0.5, 0.6) is 5.75 Å². The molecule has 0 saturated carbocycles. The maximum Gasteiger partial charge on any atom is 0.262 e. The van der Waals surface area contributed by atoms with E-state index in [-0.39, 0.29) is 18.3 Å². The van der Waals surface area contributed by atoms with Gasteiger partial charge in [0.05, 0.1) is 0 Å². The Bertz CT molecular complexity index is 728. The molecule has 1 N–H and O–H groups in total. The summed E-state index contributed by atoms with van der Waals surface area (Å²) in [4.78, 5) is 23.3. The SMILES string of the molecule is CCc1cc(OCC(=O)Nc2cccc(C(C)=O)c2)ccc1Cl. The van der Waals surface area contributed by atoms with Gasteiger partial charge in [0.1, 0.15) is 5.75 Å². The third kappa shape index (κ3) is 4.83. The van der Waals surface area contributed by atoms with Crippen LogP contribution in [0.15, 0.2) is 42.5 Å². The van der Waals surface area contributed by atoms with Crippen LogP contribution in [-0.2, 0) is 11.2 Å². The number of ether oxygens (including phenoxy) is 1. The highest BCUT2D eigenvalue weighted by atomic mass is 35.5. The van der Waals surface area contributed by atoms with Crippen molar-refractivity contribution in [1.82, 2.24) is 0 Å². The van der Waals surface area contributed by atoms with Gasteiger partial charge >= 0.3 is 0 Å². The zero-order valence-electron chi connectivity index (χ0n) is 13.1. The number of anilines is 1. The summed E-state index contributed by atoms with van der Waals surface area (Å²) in [5, 5.41) is 3.39. The molecule has 0 aliphatic rings. The second-order valence-corrected chi connectivity index (χ2v) is 5.49. The molecule has 0 saturated heterocycles. The van der Waals surface area contributed by atoms with Gasteiger partial charge in [-0.05, 0) is 49.2 Å². The molecule has 5 heteroatoms. The van der Waals surface area contributed by atoms with Crippen molar-refractivity contribution >= 4 is 29.0 Å². The van der Waals surface area contributed by atoms with Crippen LogP contribution < -0.4 is 10.1 Å². The first-order valence-corrected chi connectivity index (χ1v) is 7.69. The fourth-order valence-electron chi connectivity index (χ4n) is 2.07. The highest BCUT2D eigenvalue weighted by Crippen LogP contribution is 2.22. The smallest absolute Gasteiger partial charge is 0.262 e. The van der Waals surface area contributed by atoms with E-state index < -0.39 is 0 Å². The van der Waals surface area contributed by atoms with Crippen LogP contribution in [0.25, 0.3) is 0 Å². The van der Waals surface area contributed by atoms with Crippen molar-refractivity contribution < 1.29 is 14.3 Å². The van der Waals surface area contributed by atoms with E-state index in [2.05, 4.69) is 5.32 Å². The van der Waals surface area contributed by atoms with Crippen LogP contribution >= 0.6 is 11.6 Å². The lowest BCUT2D eigenvalue weighted by Crippen LogP contribution is -2.20. The fourth-order valence-corrected chi connectivity index (χ4v) is 2.32. The van der Waals surface area contributed by atoms with Crippen LogP contribution in [0.1, 0.15) is 29.8 Å². The van der Waals surface area contributed by atoms with Crippen molar-refractivity contribution in [1.29, 1.82) is 0 Å². The minimum Gasteiger partial charge on any atom is -0.484 e. The maximum absolute atomic E-state index is 11.9. The number of carbonyl (C=O) groups excluding carboxylic acids is 2. The van der Waals surface area contributed by atoms with Crippen molar-refractivity contribution in [2.45, 2.75) is 20.3 Å². The lowest BCUT2D eigenvalue weighted by atomic mass is 10.1. The monoisotopic (exact) mass is 331 g/mol. The molecule has 0 heterocycles. The van der Waals surface area contributed by atoms with Gasteiger partial charge in [-0.15, -0.1) is 0 Å². The molecule has 0 fully saturated rings. The molecule has 23 heavy (non-hydrogen) atoms. The largest absolute Gasteiger partial charge is 0.484 e. The molecule has 1 amide bonds. The number of Topliss-reactive ketones (excluding diaryl/α,β-unsaturated/α-hetero) is 1. The highest BCUT2D eigenvalue weighted by Gasteiger charge is 2.07. The Morgan fingerprint density at radius 3 is 2.65 bits per heavy atom. The number of ketones is 1. The Hall–Kier alpha value is -2.33. The lowest BCUT2D eigenvalue weighted by Gasteiger charge is -2.10. The van der Waals surface area contributed by atoms with Crippen molar-refractivity contribution in [3.05, 3.63) is 58.6 Å². The van der Waals surface area contributed by atoms with E-state index in [4.69, 9.17) is 16.3 Å². The van der Waals surface area contributed by atoms with Gasteiger partial charge in [-0.25, -0.2) is 0 Å². The molecule has 0 atom stereocenters. The Balaban J connectivity index is 1.95. The fraction of sp³-hybridized carbons (Fsp3) is 0.222. The van der Waals surface area contributed by atoms with E-state index in [1.165, 1.54) is 6.92 Å². The first kappa shape index (κ1) is 17.0. The summed E-state index contributed by atoms with van der Waals surface area (Å²) in [5.41, 5.74) is 2.09. The second kappa shape index (κ2) is 7.79. The molecule has 0 bridgehead atoms. The number of hydrogen-bond donors (Lipinski definition) is 1. The van der Waals surface area contributed by atoms with Gasteiger partial charge in [0.25, 0.3) is 5.91 Å². The highest BCUT2D eigenvalue weighted by molar-refractivity contribution is 6.31. The number of amides is 1. The van der Waals surface area contributed by atoms with Crippen LogP contribution in [0.3, 0.4) is 0 Å². The van der Waals surface area contributed by atoms with E-state index in [9.17, 15) is 9.59 Å². The number of carbonyl (C=O) groups is 2. The minimum atomic E-state index is -0.293. The molecule has 0 unspecified atom stereocenters. The molecular weight excluding hydrogens is 314 g/mol. The molecule has 0 aliphatic heterocycles. The van der Waals surface area contributed by atoms with E-state index in [1.807, 2.05) is 13.0 Å². The van der Waals surface area contributed by atoms with Crippen molar-refractivity contribution in [3.63, 3.8) is 0 Å². The average Bonchev–Trinajstić information content (AvgIpc) is 2.54. The van der Waals surface area contributed by atoms with Crippen LogP contribution in [0.2, 0.25) is 5.02 Å². The van der Waals surface area contributed by atoms with Gasteiger partial charge in [-0.3, -0.25) is 9.59 Å². The van der Waals surface area contributed by atoms with Crippen LogP contribution in [0, 0.1) is 0 Å². The van der Waals surface area contributed by atoms with Crippen molar-refractivity contribution in [2.75, 3.05) is 11.9 Å². The Morgan fingerprint density at radius 1 is 1.17 bits per heavy atom. The van der Waals surface area contributed by atoms with E-state index in [1.54, 1.807) is 36.4 Å². The number of halogens is 1. The molecule has 2 rings (SSSR count). The van der Waals surface area contributed by atoms with E-state index in [0.717, 1.165) is 12.0 Å². The van der Waals surface area contributed by atoms with Gasteiger partial charge in [-0.1, -0.05) is 30.7 Å². The number of rotatable bonds is 6. The van der Waals surface area contributed by atoms with Crippen LogP contribution in [-0.4, -0.2) is 18.3 Å². The quantitative estimate of drug-likeness (QED) is 0.810. The van der Waals surface area contributed by atoms with Crippen LogP contribution in [0.4, 0.5) is 5.69 Å². The van der Waals surface area contributed by atoms with Gasteiger partial charge < -0.3 is 10.1 Å². The lowest BCUT2D eigenvalue weighted by molar-refractivity contribution is -0.118. The van der Waals surface area contributed by atoms with Gasteiger partial charge in [0, 0.05) is 16.3 Å². The molecule has 120 valence electrons. The molecule has 4 nitrogen and oxygen atoms in total. The molecule has 0 radical (unpaired) electrons. The zero-order valence-corrected chi connectivity index (χ0v) is 13.8. The summed E-state index contributed by atoms with van der Waals surface area (Å²) in [7, 11) is 0. The summed E-state index contributed by atoms with van der Waals surface area (Å²) in [5.74, 6) is 0.253. The summed E-state index contributed by atoms with van der Waals surface area (Å²) < 4.78 is 5.48. The molecular formula is C18H18ClNO3. The average molecular weight is 332 g/mol. The molecule has 0 spiro atoms. The van der Waals surface area contributed by atoms with Crippen molar-refractivity contribution in [2.24, 2.45) is 0 Å².